The van der Waals surface area contributed by atoms with Crippen molar-refractivity contribution in [3.05, 3.63) is 107 Å². The second-order valence-electron chi connectivity index (χ2n) is 10.3. The molecular weight excluding hydrogens is 559 g/mol. The van der Waals surface area contributed by atoms with Crippen molar-refractivity contribution in [1.29, 1.82) is 0 Å². The Morgan fingerprint density at radius 3 is 2.33 bits per heavy atom. The molecule has 2 aromatic carbocycles. The molecule has 4 heterocycles. The van der Waals surface area contributed by atoms with E-state index in [-0.39, 0.29) is 41.3 Å². The zero-order valence-corrected chi connectivity index (χ0v) is 22.4. The van der Waals surface area contributed by atoms with E-state index in [4.69, 9.17) is 9.41 Å². The first-order valence-corrected chi connectivity index (χ1v) is 13.6. The molecule has 214 valence electrons. The van der Waals surface area contributed by atoms with Crippen molar-refractivity contribution < 1.29 is 22.4 Å². The first kappa shape index (κ1) is 26.6. The number of ketones is 1. The van der Waals surface area contributed by atoms with E-state index in [1.54, 1.807) is 0 Å². The molecule has 5 aromatic rings. The number of rotatable bonds is 6. The molecule has 1 N–H and O–H groups in total. The predicted octanol–water partition coefficient (Wildman–Crippen LogP) is 5.89. The molecule has 1 aliphatic carbocycles. The van der Waals surface area contributed by atoms with Crippen LogP contribution in [0.15, 0.2) is 88.7 Å². The summed E-state index contributed by atoms with van der Waals surface area (Å²) in [5.74, 6) is 0.566. The lowest BCUT2D eigenvalue weighted by Gasteiger charge is -2.12. The van der Waals surface area contributed by atoms with Crippen molar-refractivity contribution in [2.45, 2.75) is 37.5 Å². The molecule has 2 aliphatic rings. The van der Waals surface area contributed by atoms with Crippen molar-refractivity contribution in [2.75, 3.05) is 5.32 Å². The number of fused-ring (bicyclic) bond motifs is 1. The minimum absolute atomic E-state index is 0.0180. The molecule has 12 heteroatoms. The molecule has 1 saturated carbocycles. The van der Waals surface area contributed by atoms with Gasteiger partial charge in [0.1, 0.15) is 11.5 Å². The molecule has 0 spiro atoms. The lowest BCUT2D eigenvalue weighted by molar-refractivity contribution is -0.137. The van der Waals surface area contributed by atoms with E-state index in [2.05, 4.69) is 30.5 Å². The van der Waals surface area contributed by atoms with Crippen LogP contribution in [0.3, 0.4) is 0 Å². The molecule has 43 heavy (non-hydrogen) atoms. The molecule has 0 bridgehead atoms. The molecule has 0 radical (unpaired) electrons. The van der Waals surface area contributed by atoms with E-state index in [1.165, 1.54) is 12.4 Å². The number of aromatic nitrogens is 5. The number of halogens is 3. The van der Waals surface area contributed by atoms with E-state index in [1.807, 2.05) is 54.6 Å². The quantitative estimate of drug-likeness (QED) is 0.264. The molecule has 9 nitrogen and oxygen atoms in total. The lowest BCUT2D eigenvalue weighted by Crippen LogP contribution is -2.29. The minimum Gasteiger partial charge on any atom is -0.402 e. The van der Waals surface area contributed by atoms with E-state index in [0.29, 0.717) is 23.3 Å². The Morgan fingerprint density at radius 2 is 1.58 bits per heavy atom. The Kier molecular flexibility index (Phi) is 6.52. The molecule has 0 saturated heterocycles. The average Bonchev–Trinajstić information content (AvgIpc) is 3.79. The van der Waals surface area contributed by atoms with Crippen LogP contribution in [0.25, 0.3) is 22.7 Å². The summed E-state index contributed by atoms with van der Waals surface area (Å²) < 4.78 is 46.6. The predicted molar refractivity (Wildman–Crippen MR) is 150 cm³/mol. The van der Waals surface area contributed by atoms with Crippen LogP contribution in [0.1, 0.15) is 46.8 Å². The maximum Gasteiger partial charge on any atom is 0.417 e. The Bertz CT molecular complexity index is 1850. The van der Waals surface area contributed by atoms with Crippen LogP contribution in [-0.4, -0.2) is 42.8 Å². The number of Topliss-reactive ketones (excluding diaryl/α,β-unsaturated/α-hetero) is 1. The standard InChI is InChI=1S/C31H22F3N7O2/c32-31(33,34)21-13-23(20-14-36-27(37-15-20)18-10-11-18)26(35-16-21)29-40-41-30(43-29)39-28-24(42)12-19-8-4-5-9-22(19)25(38-28)17-6-2-1-3-7-17/h1-9,13-16,18,28H,10-12H2,(H,39,41). The Labute approximate surface area is 243 Å². The van der Waals surface area contributed by atoms with Crippen LogP contribution in [-0.2, 0) is 17.4 Å². The zero-order chi connectivity index (χ0) is 29.6. The van der Waals surface area contributed by atoms with Gasteiger partial charge in [0.15, 0.2) is 11.9 Å². The van der Waals surface area contributed by atoms with Crippen molar-refractivity contribution in [2.24, 2.45) is 4.99 Å². The number of alkyl halides is 3. The molecule has 0 amide bonds. The monoisotopic (exact) mass is 581 g/mol. The van der Waals surface area contributed by atoms with Gasteiger partial charge in [0.05, 0.1) is 11.3 Å². The maximum absolute atomic E-state index is 13.6. The largest absolute Gasteiger partial charge is 0.417 e. The minimum atomic E-state index is -4.62. The van der Waals surface area contributed by atoms with Gasteiger partial charge in [0, 0.05) is 53.2 Å². The normalized spacial score (nSPS) is 16.8. The number of nitrogens with one attached hydrogen (secondary N) is 1. The summed E-state index contributed by atoms with van der Waals surface area (Å²) in [6, 6.07) is 17.9. The van der Waals surface area contributed by atoms with E-state index in [9.17, 15) is 18.0 Å². The summed E-state index contributed by atoms with van der Waals surface area (Å²) in [5.41, 5.74) is 2.60. The van der Waals surface area contributed by atoms with Crippen LogP contribution < -0.4 is 5.32 Å². The number of benzene rings is 2. The van der Waals surface area contributed by atoms with Crippen LogP contribution in [0.4, 0.5) is 19.2 Å². The van der Waals surface area contributed by atoms with Gasteiger partial charge in [-0.2, -0.15) is 13.2 Å². The Hall–Kier alpha value is -5.26. The highest BCUT2D eigenvalue weighted by Crippen LogP contribution is 2.39. The second-order valence-corrected chi connectivity index (χ2v) is 10.3. The zero-order valence-electron chi connectivity index (χ0n) is 22.4. The van der Waals surface area contributed by atoms with Crippen molar-refractivity contribution >= 4 is 17.5 Å². The molecule has 1 aliphatic heterocycles. The van der Waals surface area contributed by atoms with Crippen molar-refractivity contribution in [3.8, 4) is 22.7 Å². The number of nitrogens with zero attached hydrogens (tertiary/aromatic N) is 6. The van der Waals surface area contributed by atoms with Gasteiger partial charge in [0.2, 0.25) is 0 Å². The number of hydrogen-bond acceptors (Lipinski definition) is 9. The van der Waals surface area contributed by atoms with Gasteiger partial charge in [0.25, 0.3) is 5.89 Å². The Morgan fingerprint density at radius 1 is 0.837 bits per heavy atom. The highest BCUT2D eigenvalue weighted by molar-refractivity contribution is 6.16. The summed E-state index contributed by atoms with van der Waals surface area (Å²) >= 11 is 0. The van der Waals surface area contributed by atoms with Crippen molar-refractivity contribution in [1.82, 2.24) is 25.1 Å². The third-order valence-electron chi connectivity index (χ3n) is 7.28. The third-order valence-corrected chi connectivity index (χ3v) is 7.28. The van der Waals surface area contributed by atoms with Crippen LogP contribution in [0.2, 0.25) is 0 Å². The number of hydrogen-bond donors (Lipinski definition) is 1. The summed E-state index contributed by atoms with van der Waals surface area (Å²) in [5, 5.41) is 10.9. The summed E-state index contributed by atoms with van der Waals surface area (Å²) in [6.45, 7) is 0. The number of anilines is 1. The number of carbonyl (C=O) groups is 1. The van der Waals surface area contributed by atoms with Gasteiger partial charge in [-0.3, -0.25) is 9.79 Å². The van der Waals surface area contributed by atoms with Gasteiger partial charge < -0.3 is 9.73 Å². The molecular formula is C31H22F3N7O2. The SMILES string of the molecule is O=C1Cc2ccccc2C(c2ccccc2)=NC1Nc1nnc(-c2ncc(C(F)(F)F)cc2-c2cnc(C3CC3)nc2)o1. The molecule has 1 fully saturated rings. The topological polar surface area (TPSA) is 119 Å². The van der Waals surface area contributed by atoms with Gasteiger partial charge in [-0.05, 0) is 24.5 Å². The number of aliphatic imine (C=N–C) groups is 1. The fraction of sp³-hybridized carbons (Fsp3) is 0.194. The van der Waals surface area contributed by atoms with Gasteiger partial charge >= 0.3 is 12.2 Å². The summed E-state index contributed by atoms with van der Waals surface area (Å²) in [4.78, 5) is 30.8. The molecule has 3 aromatic heterocycles. The second kappa shape index (κ2) is 10.5. The summed E-state index contributed by atoms with van der Waals surface area (Å²) in [7, 11) is 0. The van der Waals surface area contributed by atoms with Crippen LogP contribution in [0, 0.1) is 0 Å². The first-order chi connectivity index (χ1) is 20.8. The van der Waals surface area contributed by atoms with E-state index >= 15 is 0 Å². The highest BCUT2D eigenvalue weighted by Gasteiger charge is 2.33. The third kappa shape index (κ3) is 5.39. The molecule has 7 rings (SSSR count). The first-order valence-electron chi connectivity index (χ1n) is 13.6. The van der Waals surface area contributed by atoms with E-state index < -0.39 is 17.9 Å². The lowest BCUT2D eigenvalue weighted by atomic mass is 9.96. The van der Waals surface area contributed by atoms with Gasteiger partial charge in [-0.15, -0.1) is 5.10 Å². The van der Waals surface area contributed by atoms with Gasteiger partial charge in [-0.1, -0.05) is 59.7 Å². The number of pyridine rings is 1. The van der Waals surface area contributed by atoms with Gasteiger partial charge in [-0.25, -0.2) is 15.0 Å². The van der Waals surface area contributed by atoms with Crippen LogP contribution in [0.5, 0.6) is 0 Å². The highest BCUT2D eigenvalue weighted by atomic mass is 19.4. The van der Waals surface area contributed by atoms with E-state index in [0.717, 1.165) is 35.6 Å². The smallest absolute Gasteiger partial charge is 0.402 e. The maximum atomic E-state index is 13.6. The summed E-state index contributed by atoms with van der Waals surface area (Å²) in [6.07, 6.45) is 0.0625. The van der Waals surface area contributed by atoms with Crippen molar-refractivity contribution in [3.63, 3.8) is 0 Å². The Balaban J connectivity index is 1.23. The fourth-order valence-corrected chi connectivity index (χ4v) is 4.93. The molecule has 1 atom stereocenters. The molecule has 1 unspecified atom stereocenters. The number of carbonyl (C=O) groups excluding carboxylic acids is 1. The fourth-order valence-electron chi connectivity index (χ4n) is 4.93. The van der Waals surface area contributed by atoms with Crippen LogP contribution >= 0.6 is 0 Å². The average molecular weight is 582 g/mol.